The molecule has 0 spiro atoms. The number of hydrogen-bond acceptors (Lipinski definition) is 4. The number of aryl methyl sites for hydroxylation is 1. The number of carbonyl (C=O) groups is 1. The number of nitrogens with one attached hydrogen (secondary N) is 1. The summed E-state index contributed by atoms with van der Waals surface area (Å²) in [5.74, 6) is 2.05. The number of amides is 1. The van der Waals surface area contributed by atoms with Gasteiger partial charge in [0.2, 0.25) is 0 Å². The summed E-state index contributed by atoms with van der Waals surface area (Å²) in [6, 6.07) is 9.38. The lowest BCUT2D eigenvalue weighted by molar-refractivity contribution is 0.103. The van der Waals surface area contributed by atoms with Crippen LogP contribution in [-0.2, 0) is 12.2 Å². The van der Waals surface area contributed by atoms with Crippen molar-refractivity contribution in [3.8, 4) is 0 Å². The Hall–Kier alpha value is -1.30. The van der Waals surface area contributed by atoms with Crippen LogP contribution >= 0.6 is 23.1 Å². The van der Waals surface area contributed by atoms with Gasteiger partial charge in [-0.2, -0.15) is 11.8 Å². The number of thioether (sulfide) groups is 1. The zero-order chi connectivity index (χ0) is 14.8. The van der Waals surface area contributed by atoms with E-state index in [-0.39, 0.29) is 5.91 Å². The summed E-state index contributed by atoms with van der Waals surface area (Å²) in [7, 11) is 0. The zero-order valence-electron chi connectivity index (χ0n) is 11.8. The average Bonchev–Trinajstić information content (AvgIpc) is 2.91. The second-order valence-electron chi connectivity index (χ2n) is 5.08. The quantitative estimate of drug-likeness (QED) is 0.903. The number of para-hydroxylation sites is 1. The van der Waals surface area contributed by atoms with Crippen molar-refractivity contribution in [1.82, 2.24) is 0 Å². The molecule has 0 radical (unpaired) electrons. The van der Waals surface area contributed by atoms with Crippen LogP contribution < -0.4 is 5.32 Å². The molecule has 1 aliphatic rings. The van der Waals surface area contributed by atoms with E-state index in [1.165, 1.54) is 10.4 Å². The largest absolute Gasteiger partial charge is 0.389 e. The Morgan fingerprint density at radius 3 is 2.95 bits per heavy atom. The molecule has 2 heterocycles. The highest BCUT2D eigenvalue weighted by Gasteiger charge is 2.18. The van der Waals surface area contributed by atoms with Gasteiger partial charge in [0.1, 0.15) is 0 Å². The number of benzene rings is 1. The molecule has 3 nitrogen and oxygen atoms in total. The van der Waals surface area contributed by atoms with Gasteiger partial charge in [-0.05, 0) is 36.8 Å². The van der Waals surface area contributed by atoms with Crippen LogP contribution in [0, 0.1) is 0 Å². The minimum Gasteiger partial charge on any atom is -0.389 e. The fourth-order valence-corrected chi connectivity index (χ4v) is 4.69. The van der Waals surface area contributed by atoms with Gasteiger partial charge in [-0.3, -0.25) is 4.79 Å². The minimum atomic E-state index is -0.602. The second kappa shape index (κ2) is 6.22. The van der Waals surface area contributed by atoms with E-state index in [4.69, 9.17) is 0 Å². The first-order valence-electron chi connectivity index (χ1n) is 6.93. The molecule has 1 amide bonds. The first-order valence-corrected chi connectivity index (χ1v) is 8.90. The van der Waals surface area contributed by atoms with Gasteiger partial charge < -0.3 is 10.4 Å². The summed E-state index contributed by atoms with van der Waals surface area (Å²) in [5, 5.41) is 12.7. The van der Waals surface area contributed by atoms with Crippen LogP contribution in [0.3, 0.4) is 0 Å². The van der Waals surface area contributed by atoms with Crippen LogP contribution in [0.5, 0.6) is 0 Å². The topological polar surface area (TPSA) is 49.3 Å². The van der Waals surface area contributed by atoms with Crippen LogP contribution in [0.25, 0.3) is 0 Å². The van der Waals surface area contributed by atoms with E-state index in [1.807, 2.05) is 42.1 Å². The van der Waals surface area contributed by atoms with E-state index >= 15 is 0 Å². The van der Waals surface area contributed by atoms with Gasteiger partial charge >= 0.3 is 0 Å². The molecular formula is C16H17NO2S2. The Labute approximate surface area is 132 Å². The molecule has 0 fully saturated rings. The first-order chi connectivity index (χ1) is 10.1. The van der Waals surface area contributed by atoms with Crippen LogP contribution in [0.2, 0.25) is 0 Å². The number of aliphatic hydroxyl groups excluding tert-OH is 1. The maximum Gasteiger partial charge on any atom is 0.265 e. The molecule has 1 unspecified atom stereocenters. The summed E-state index contributed by atoms with van der Waals surface area (Å²) in [5.41, 5.74) is 2.71. The molecule has 1 aromatic heterocycles. The van der Waals surface area contributed by atoms with E-state index in [2.05, 4.69) is 5.32 Å². The van der Waals surface area contributed by atoms with Gasteiger partial charge in [0.25, 0.3) is 5.91 Å². The van der Waals surface area contributed by atoms with E-state index < -0.39 is 6.10 Å². The Morgan fingerprint density at radius 1 is 1.38 bits per heavy atom. The molecule has 1 aromatic carbocycles. The van der Waals surface area contributed by atoms with Crippen molar-refractivity contribution in [1.29, 1.82) is 0 Å². The van der Waals surface area contributed by atoms with Crippen LogP contribution in [0.1, 0.15) is 38.7 Å². The Kier molecular flexibility index (Phi) is 4.33. The molecule has 1 atom stereocenters. The van der Waals surface area contributed by atoms with Crippen molar-refractivity contribution in [3.05, 3.63) is 51.2 Å². The molecule has 2 aromatic rings. The fraction of sp³-hybridized carbons (Fsp3) is 0.312. The molecular weight excluding hydrogens is 302 g/mol. The number of fused-ring (bicyclic) bond motifs is 1. The highest BCUT2D eigenvalue weighted by molar-refractivity contribution is 7.98. The highest BCUT2D eigenvalue weighted by Crippen LogP contribution is 2.32. The minimum absolute atomic E-state index is 0.0903. The average molecular weight is 319 g/mol. The van der Waals surface area contributed by atoms with Gasteiger partial charge in [-0.1, -0.05) is 18.2 Å². The summed E-state index contributed by atoms with van der Waals surface area (Å²) in [6.45, 7) is 1.70. The summed E-state index contributed by atoms with van der Waals surface area (Å²) >= 11 is 3.50. The molecule has 2 N–H and O–H groups in total. The summed E-state index contributed by atoms with van der Waals surface area (Å²) in [6.07, 6.45) is 0.455. The maximum absolute atomic E-state index is 12.4. The van der Waals surface area contributed by atoms with Gasteiger partial charge in [0.05, 0.1) is 11.0 Å². The van der Waals surface area contributed by atoms with Crippen molar-refractivity contribution in [2.75, 3.05) is 11.1 Å². The van der Waals surface area contributed by atoms with E-state index in [0.717, 1.165) is 28.4 Å². The third-order valence-corrected chi connectivity index (χ3v) is 5.75. The molecule has 5 heteroatoms. The van der Waals surface area contributed by atoms with E-state index in [9.17, 15) is 9.90 Å². The van der Waals surface area contributed by atoms with Crippen LogP contribution in [-0.4, -0.2) is 16.8 Å². The molecule has 110 valence electrons. The SMILES string of the molecule is CC(O)c1ccccc1NC(=O)c1cc2c(s1)CCSC2. The van der Waals surface area contributed by atoms with Gasteiger partial charge in [-0.25, -0.2) is 0 Å². The molecule has 3 rings (SSSR count). The molecule has 0 bridgehead atoms. The summed E-state index contributed by atoms with van der Waals surface area (Å²) in [4.78, 5) is 14.5. The standard InChI is InChI=1S/C16H17NO2S2/c1-10(18)12-4-2-3-5-13(12)17-16(19)15-8-11-9-20-7-6-14(11)21-15/h2-5,8,10,18H,6-7,9H2,1H3,(H,17,19). The lowest BCUT2D eigenvalue weighted by Crippen LogP contribution is -2.12. The smallest absolute Gasteiger partial charge is 0.265 e. The number of thiophene rings is 1. The van der Waals surface area contributed by atoms with Crippen molar-refractivity contribution in [3.63, 3.8) is 0 Å². The zero-order valence-corrected chi connectivity index (χ0v) is 13.4. The van der Waals surface area contributed by atoms with Gasteiger partial charge in [-0.15, -0.1) is 11.3 Å². The predicted octanol–water partition coefficient (Wildman–Crippen LogP) is 3.84. The Bertz CT molecular complexity index is 641. The number of rotatable bonds is 3. The number of aliphatic hydroxyl groups is 1. The second-order valence-corrected chi connectivity index (χ2v) is 7.32. The molecule has 21 heavy (non-hydrogen) atoms. The monoisotopic (exact) mass is 319 g/mol. The van der Waals surface area contributed by atoms with Crippen molar-refractivity contribution in [2.45, 2.75) is 25.2 Å². The highest BCUT2D eigenvalue weighted by atomic mass is 32.2. The number of hydrogen-bond donors (Lipinski definition) is 2. The van der Waals surface area contributed by atoms with Crippen LogP contribution in [0.15, 0.2) is 30.3 Å². The Balaban J connectivity index is 1.82. The van der Waals surface area contributed by atoms with E-state index in [0.29, 0.717) is 5.69 Å². The lowest BCUT2D eigenvalue weighted by atomic mass is 10.1. The Morgan fingerprint density at radius 2 is 2.19 bits per heavy atom. The first kappa shape index (κ1) is 14.6. The van der Waals surface area contributed by atoms with Gasteiger partial charge in [0.15, 0.2) is 0 Å². The lowest BCUT2D eigenvalue weighted by Gasteiger charge is -2.12. The number of anilines is 1. The molecule has 1 aliphatic heterocycles. The van der Waals surface area contributed by atoms with Crippen LogP contribution in [0.4, 0.5) is 5.69 Å². The third kappa shape index (κ3) is 3.15. The van der Waals surface area contributed by atoms with Crippen molar-refractivity contribution >= 4 is 34.7 Å². The van der Waals surface area contributed by atoms with Crippen molar-refractivity contribution < 1.29 is 9.90 Å². The van der Waals surface area contributed by atoms with Crippen molar-refractivity contribution in [2.24, 2.45) is 0 Å². The van der Waals surface area contributed by atoms with E-state index in [1.54, 1.807) is 18.3 Å². The normalized spacial score (nSPS) is 15.3. The van der Waals surface area contributed by atoms with Gasteiger partial charge in [0, 0.05) is 21.9 Å². The number of carbonyl (C=O) groups excluding carboxylic acids is 1. The maximum atomic E-state index is 12.4. The molecule has 0 saturated heterocycles. The summed E-state index contributed by atoms with van der Waals surface area (Å²) < 4.78 is 0. The molecule has 0 saturated carbocycles. The molecule has 0 aliphatic carbocycles. The predicted molar refractivity (Wildman–Crippen MR) is 89.2 cm³/mol. The fourth-order valence-electron chi connectivity index (χ4n) is 2.42. The third-order valence-electron chi connectivity index (χ3n) is 3.51.